The normalized spacial score (nSPS) is 16.9. The number of hydrogen-bond acceptors (Lipinski definition) is 4. The van der Waals surface area contributed by atoms with E-state index in [-0.39, 0.29) is 11.9 Å². The van der Waals surface area contributed by atoms with Crippen LogP contribution in [0.25, 0.3) is 5.78 Å². The van der Waals surface area contributed by atoms with Crippen molar-refractivity contribution in [3.63, 3.8) is 0 Å². The second kappa shape index (κ2) is 8.52. The fraction of sp³-hybridized carbons (Fsp3) is 0.409. The second-order valence-electron chi connectivity index (χ2n) is 7.48. The van der Waals surface area contributed by atoms with Gasteiger partial charge in [0.1, 0.15) is 0 Å². The molecule has 0 radical (unpaired) electrons. The Bertz CT molecular complexity index is 882. The molecule has 1 aliphatic rings. The Labute approximate surface area is 165 Å². The first-order valence-electron chi connectivity index (χ1n) is 10.1. The maximum atomic E-state index is 12.6. The highest BCUT2D eigenvalue weighted by molar-refractivity contribution is 5.78. The summed E-state index contributed by atoms with van der Waals surface area (Å²) in [7, 11) is 0. The number of benzene rings is 1. The van der Waals surface area contributed by atoms with E-state index in [1.54, 1.807) is 6.20 Å². The fourth-order valence-corrected chi connectivity index (χ4v) is 3.99. The first-order chi connectivity index (χ1) is 13.7. The third kappa shape index (κ3) is 4.22. The van der Waals surface area contributed by atoms with Crippen molar-refractivity contribution in [2.75, 3.05) is 19.6 Å². The smallest absolute Gasteiger partial charge is 0.234 e. The molecule has 1 atom stereocenters. The van der Waals surface area contributed by atoms with Crippen LogP contribution in [0.5, 0.6) is 0 Å². The van der Waals surface area contributed by atoms with Gasteiger partial charge in [-0.3, -0.25) is 14.1 Å². The number of rotatable bonds is 6. The first-order valence-corrected chi connectivity index (χ1v) is 10.1. The number of nitrogens with zero attached hydrogens (tertiary/aromatic N) is 4. The van der Waals surface area contributed by atoms with Gasteiger partial charge in [-0.1, -0.05) is 37.3 Å². The number of nitrogens with one attached hydrogen (secondary N) is 1. The Kier molecular flexibility index (Phi) is 5.67. The van der Waals surface area contributed by atoms with Crippen molar-refractivity contribution >= 4 is 11.7 Å². The molecule has 1 amide bonds. The molecule has 1 fully saturated rings. The minimum atomic E-state index is -0.0870. The van der Waals surface area contributed by atoms with Gasteiger partial charge in [-0.2, -0.15) is 0 Å². The van der Waals surface area contributed by atoms with E-state index in [0.717, 1.165) is 38.0 Å². The molecule has 0 bridgehead atoms. The molecule has 1 N–H and O–H groups in total. The molecule has 3 heterocycles. The zero-order valence-electron chi connectivity index (χ0n) is 16.3. The van der Waals surface area contributed by atoms with Gasteiger partial charge in [0.2, 0.25) is 11.7 Å². The van der Waals surface area contributed by atoms with Gasteiger partial charge >= 0.3 is 0 Å². The monoisotopic (exact) mass is 377 g/mol. The van der Waals surface area contributed by atoms with Gasteiger partial charge in [0.15, 0.2) is 0 Å². The number of fused-ring (bicyclic) bond motifs is 1. The Hall–Kier alpha value is -2.73. The summed E-state index contributed by atoms with van der Waals surface area (Å²) in [5, 5.41) is 3.15. The van der Waals surface area contributed by atoms with E-state index in [4.69, 9.17) is 0 Å². The van der Waals surface area contributed by atoms with Crippen molar-refractivity contribution in [3.05, 3.63) is 66.2 Å². The SMILES string of the molecule is CC[C@@H](NC(=O)CN1CCC(c2ccccc2)CC1)c1cn2cccnc2n1. The molecule has 0 saturated carbocycles. The Morgan fingerprint density at radius 2 is 2.00 bits per heavy atom. The lowest BCUT2D eigenvalue weighted by molar-refractivity contribution is -0.123. The summed E-state index contributed by atoms with van der Waals surface area (Å²) in [4.78, 5) is 23.7. The van der Waals surface area contributed by atoms with Crippen LogP contribution in [0.4, 0.5) is 0 Å². The summed E-state index contributed by atoms with van der Waals surface area (Å²) in [5.41, 5.74) is 2.27. The zero-order chi connectivity index (χ0) is 19.3. The van der Waals surface area contributed by atoms with Gasteiger partial charge in [0.05, 0.1) is 18.3 Å². The molecule has 1 saturated heterocycles. The molecular formula is C22H27N5O. The molecule has 4 rings (SSSR count). The number of carbonyl (C=O) groups is 1. The number of hydrogen-bond donors (Lipinski definition) is 1. The summed E-state index contributed by atoms with van der Waals surface area (Å²) >= 11 is 0. The molecule has 6 nitrogen and oxygen atoms in total. The van der Waals surface area contributed by atoms with Crippen molar-refractivity contribution in [2.45, 2.75) is 38.1 Å². The van der Waals surface area contributed by atoms with Crippen LogP contribution in [-0.4, -0.2) is 44.8 Å². The van der Waals surface area contributed by atoms with Gasteiger partial charge in [-0.15, -0.1) is 0 Å². The molecule has 6 heteroatoms. The van der Waals surface area contributed by atoms with Gasteiger partial charge < -0.3 is 5.32 Å². The topological polar surface area (TPSA) is 62.5 Å². The summed E-state index contributed by atoms with van der Waals surface area (Å²) in [5.74, 6) is 1.33. The van der Waals surface area contributed by atoms with E-state index < -0.39 is 0 Å². The standard InChI is InChI=1S/C22H27N5O/c1-2-19(20-15-27-12-6-11-23-22(27)25-20)24-21(28)16-26-13-9-18(10-14-26)17-7-4-3-5-8-17/h3-8,11-12,15,18-19H,2,9-10,13-14,16H2,1H3,(H,24,28)/t19-/m1/s1. The number of carbonyl (C=O) groups excluding carboxylic acids is 1. The lowest BCUT2D eigenvalue weighted by atomic mass is 9.89. The quantitative estimate of drug-likeness (QED) is 0.717. The minimum absolute atomic E-state index is 0.0648. The first kappa shape index (κ1) is 18.6. The average molecular weight is 377 g/mol. The molecule has 0 spiro atoms. The molecule has 3 aromatic rings. The van der Waals surface area contributed by atoms with E-state index in [1.165, 1.54) is 5.56 Å². The van der Waals surface area contributed by atoms with Gasteiger partial charge in [0.25, 0.3) is 0 Å². The van der Waals surface area contributed by atoms with Crippen LogP contribution in [-0.2, 0) is 4.79 Å². The predicted molar refractivity (Wildman–Crippen MR) is 109 cm³/mol. The van der Waals surface area contributed by atoms with E-state index in [1.807, 2.05) is 22.9 Å². The molecule has 1 aromatic carbocycles. The number of aromatic nitrogens is 3. The highest BCUT2D eigenvalue weighted by Crippen LogP contribution is 2.27. The lowest BCUT2D eigenvalue weighted by Crippen LogP contribution is -2.42. The van der Waals surface area contributed by atoms with Crippen molar-refractivity contribution in [1.82, 2.24) is 24.6 Å². The summed E-state index contributed by atoms with van der Waals surface area (Å²) in [6.07, 6.45) is 8.60. The Balaban J connectivity index is 1.31. The van der Waals surface area contributed by atoms with Crippen LogP contribution >= 0.6 is 0 Å². The Morgan fingerprint density at radius 1 is 1.21 bits per heavy atom. The molecule has 146 valence electrons. The maximum absolute atomic E-state index is 12.6. The number of piperidine rings is 1. The van der Waals surface area contributed by atoms with Crippen LogP contribution in [0.1, 0.15) is 49.4 Å². The molecule has 1 aliphatic heterocycles. The van der Waals surface area contributed by atoms with Gasteiger partial charge in [-0.05, 0) is 49.9 Å². The van der Waals surface area contributed by atoms with Crippen LogP contribution in [0.15, 0.2) is 55.0 Å². The highest BCUT2D eigenvalue weighted by atomic mass is 16.2. The van der Waals surface area contributed by atoms with Gasteiger partial charge in [-0.25, -0.2) is 9.97 Å². The Morgan fingerprint density at radius 3 is 2.71 bits per heavy atom. The second-order valence-corrected chi connectivity index (χ2v) is 7.48. The average Bonchev–Trinajstić information content (AvgIpc) is 3.17. The van der Waals surface area contributed by atoms with Crippen LogP contribution < -0.4 is 5.32 Å². The molecule has 0 aliphatic carbocycles. The van der Waals surface area contributed by atoms with Crippen molar-refractivity contribution in [2.24, 2.45) is 0 Å². The largest absolute Gasteiger partial charge is 0.347 e. The maximum Gasteiger partial charge on any atom is 0.234 e. The molecule has 0 unspecified atom stereocenters. The zero-order valence-corrected chi connectivity index (χ0v) is 16.3. The number of amides is 1. The van der Waals surface area contributed by atoms with Crippen molar-refractivity contribution in [1.29, 1.82) is 0 Å². The summed E-state index contributed by atoms with van der Waals surface area (Å²) in [6, 6.07) is 12.5. The van der Waals surface area contributed by atoms with Crippen LogP contribution in [0, 0.1) is 0 Å². The predicted octanol–water partition coefficient (Wildman–Crippen LogP) is 3.18. The van der Waals surface area contributed by atoms with E-state index >= 15 is 0 Å². The third-order valence-electron chi connectivity index (χ3n) is 5.58. The number of imidazole rings is 1. The third-order valence-corrected chi connectivity index (χ3v) is 5.58. The van der Waals surface area contributed by atoms with Crippen molar-refractivity contribution in [3.8, 4) is 0 Å². The summed E-state index contributed by atoms with van der Waals surface area (Å²) in [6.45, 7) is 4.43. The van der Waals surface area contributed by atoms with E-state index in [0.29, 0.717) is 18.2 Å². The number of likely N-dealkylation sites (tertiary alicyclic amines) is 1. The van der Waals surface area contributed by atoms with E-state index in [9.17, 15) is 4.79 Å². The van der Waals surface area contributed by atoms with Crippen LogP contribution in [0.3, 0.4) is 0 Å². The van der Waals surface area contributed by atoms with E-state index in [2.05, 4.69) is 57.4 Å². The lowest BCUT2D eigenvalue weighted by Gasteiger charge is -2.32. The minimum Gasteiger partial charge on any atom is -0.347 e. The molecule has 28 heavy (non-hydrogen) atoms. The summed E-state index contributed by atoms with van der Waals surface area (Å²) < 4.78 is 1.89. The van der Waals surface area contributed by atoms with Crippen molar-refractivity contribution < 1.29 is 4.79 Å². The molecule has 2 aromatic heterocycles. The van der Waals surface area contributed by atoms with Crippen LogP contribution in [0.2, 0.25) is 0 Å². The highest BCUT2D eigenvalue weighted by Gasteiger charge is 2.23. The molecular weight excluding hydrogens is 350 g/mol. The fourth-order valence-electron chi connectivity index (χ4n) is 3.99. The van der Waals surface area contributed by atoms with Gasteiger partial charge in [0, 0.05) is 18.6 Å².